The first kappa shape index (κ1) is 13.7. The van der Waals surface area contributed by atoms with Gasteiger partial charge in [-0.3, -0.25) is 4.68 Å². The Morgan fingerprint density at radius 1 is 1.21 bits per heavy atom. The molecule has 102 valence electrons. The Bertz CT molecular complexity index is 529. The van der Waals surface area contributed by atoms with E-state index in [2.05, 4.69) is 60.1 Å². The lowest BCUT2D eigenvalue weighted by molar-refractivity contribution is 0.578. The minimum atomic E-state index is 0.831. The Kier molecular flexibility index (Phi) is 4.61. The van der Waals surface area contributed by atoms with Crippen LogP contribution >= 0.6 is 0 Å². The molecule has 0 saturated carbocycles. The molecule has 1 heterocycles. The van der Waals surface area contributed by atoms with Gasteiger partial charge in [-0.25, -0.2) is 0 Å². The van der Waals surface area contributed by atoms with Gasteiger partial charge in [0, 0.05) is 18.4 Å². The highest BCUT2D eigenvalue weighted by Gasteiger charge is 2.06. The number of aromatic nitrogens is 2. The molecule has 0 aliphatic rings. The normalized spacial score (nSPS) is 10.7. The van der Waals surface area contributed by atoms with Crippen LogP contribution < -0.4 is 5.32 Å². The minimum absolute atomic E-state index is 0.831. The van der Waals surface area contributed by atoms with E-state index in [0.29, 0.717) is 0 Å². The summed E-state index contributed by atoms with van der Waals surface area (Å²) in [7, 11) is 0. The fourth-order valence-electron chi connectivity index (χ4n) is 2.38. The van der Waals surface area contributed by atoms with Gasteiger partial charge in [-0.05, 0) is 37.0 Å². The first-order valence-corrected chi connectivity index (χ1v) is 7.09. The monoisotopic (exact) mass is 257 g/mol. The summed E-state index contributed by atoms with van der Waals surface area (Å²) < 4.78 is 2.08. The fraction of sp³-hybridized carbons (Fsp3) is 0.438. The molecule has 3 nitrogen and oxygen atoms in total. The summed E-state index contributed by atoms with van der Waals surface area (Å²) in [4.78, 5) is 0. The highest BCUT2D eigenvalue weighted by atomic mass is 15.3. The molecule has 19 heavy (non-hydrogen) atoms. The molecule has 0 bridgehead atoms. The van der Waals surface area contributed by atoms with Crippen molar-refractivity contribution < 1.29 is 0 Å². The lowest BCUT2D eigenvalue weighted by Crippen LogP contribution is -2.10. The first-order chi connectivity index (χ1) is 9.26. The van der Waals surface area contributed by atoms with Gasteiger partial charge in [-0.2, -0.15) is 5.10 Å². The molecule has 2 rings (SSSR count). The van der Waals surface area contributed by atoms with Gasteiger partial charge in [0.1, 0.15) is 0 Å². The Balaban J connectivity index is 2.12. The van der Waals surface area contributed by atoms with E-state index in [9.17, 15) is 0 Å². The topological polar surface area (TPSA) is 29.9 Å². The van der Waals surface area contributed by atoms with E-state index in [1.807, 2.05) is 6.20 Å². The van der Waals surface area contributed by atoms with Crippen LogP contribution in [0.1, 0.15) is 37.1 Å². The van der Waals surface area contributed by atoms with E-state index >= 15 is 0 Å². The molecule has 0 radical (unpaired) electrons. The van der Waals surface area contributed by atoms with Crippen molar-refractivity contribution >= 4 is 5.69 Å². The maximum absolute atomic E-state index is 4.36. The van der Waals surface area contributed by atoms with Gasteiger partial charge in [0.05, 0.1) is 12.2 Å². The molecule has 1 aromatic carbocycles. The van der Waals surface area contributed by atoms with Crippen LogP contribution in [0.2, 0.25) is 0 Å². The van der Waals surface area contributed by atoms with Gasteiger partial charge in [0.15, 0.2) is 0 Å². The van der Waals surface area contributed by atoms with Gasteiger partial charge in [0.2, 0.25) is 0 Å². The third kappa shape index (κ3) is 3.16. The molecule has 0 fully saturated rings. The van der Waals surface area contributed by atoms with Gasteiger partial charge in [-0.15, -0.1) is 0 Å². The highest BCUT2D eigenvalue weighted by Crippen LogP contribution is 2.21. The fourth-order valence-corrected chi connectivity index (χ4v) is 2.38. The van der Waals surface area contributed by atoms with Crippen molar-refractivity contribution in [2.24, 2.45) is 0 Å². The third-order valence-corrected chi connectivity index (χ3v) is 3.43. The maximum atomic E-state index is 4.36. The number of para-hydroxylation sites is 1. The maximum Gasteiger partial charge on any atom is 0.0575 e. The number of rotatable bonds is 6. The van der Waals surface area contributed by atoms with Gasteiger partial charge >= 0.3 is 0 Å². The van der Waals surface area contributed by atoms with Crippen LogP contribution in [0.3, 0.4) is 0 Å². The molecule has 0 saturated heterocycles. The van der Waals surface area contributed by atoms with Crippen molar-refractivity contribution in [1.29, 1.82) is 0 Å². The summed E-state index contributed by atoms with van der Waals surface area (Å²) in [5, 5.41) is 7.93. The molecule has 1 N–H and O–H groups in total. The van der Waals surface area contributed by atoms with E-state index in [4.69, 9.17) is 0 Å². The molecule has 0 spiro atoms. The van der Waals surface area contributed by atoms with E-state index in [0.717, 1.165) is 25.9 Å². The number of anilines is 1. The van der Waals surface area contributed by atoms with Crippen LogP contribution in [0, 0.1) is 6.92 Å². The molecular weight excluding hydrogens is 234 g/mol. The molecular formula is C16H23N3. The smallest absolute Gasteiger partial charge is 0.0575 e. The van der Waals surface area contributed by atoms with Crippen molar-refractivity contribution in [3.05, 3.63) is 47.3 Å². The molecule has 0 aliphatic heterocycles. The van der Waals surface area contributed by atoms with E-state index in [1.165, 1.54) is 22.5 Å². The zero-order valence-electron chi connectivity index (χ0n) is 12.1. The number of nitrogens with one attached hydrogen (secondary N) is 1. The molecule has 2 aromatic rings. The number of nitrogens with zero attached hydrogens (tertiary/aromatic N) is 2. The van der Waals surface area contributed by atoms with Crippen LogP contribution in [0.5, 0.6) is 0 Å². The summed E-state index contributed by atoms with van der Waals surface area (Å²) >= 11 is 0. The molecule has 0 unspecified atom stereocenters. The molecule has 0 amide bonds. The van der Waals surface area contributed by atoms with E-state index < -0.39 is 0 Å². The number of benzene rings is 1. The first-order valence-electron chi connectivity index (χ1n) is 7.09. The van der Waals surface area contributed by atoms with Crippen molar-refractivity contribution in [3.8, 4) is 0 Å². The minimum Gasteiger partial charge on any atom is -0.379 e. The predicted molar refractivity (Wildman–Crippen MR) is 80.4 cm³/mol. The summed E-state index contributed by atoms with van der Waals surface area (Å²) in [6, 6.07) is 8.57. The van der Waals surface area contributed by atoms with Crippen LogP contribution in [0.4, 0.5) is 5.69 Å². The van der Waals surface area contributed by atoms with Crippen molar-refractivity contribution in [2.75, 3.05) is 5.32 Å². The Labute approximate surface area is 115 Å². The molecule has 3 heteroatoms. The van der Waals surface area contributed by atoms with Gasteiger partial charge in [0.25, 0.3) is 0 Å². The summed E-state index contributed by atoms with van der Waals surface area (Å²) in [5.74, 6) is 0. The number of hydrogen-bond donors (Lipinski definition) is 1. The molecule has 1 aromatic heterocycles. The zero-order chi connectivity index (χ0) is 13.7. The second-order valence-corrected chi connectivity index (χ2v) is 4.86. The van der Waals surface area contributed by atoms with Crippen molar-refractivity contribution in [1.82, 2.24) is 9.78 Å². The standard InChI is InChI=1S/C16H23N3/c1-4-11-19-15(9-10-18-19)12-17-16-13(3)7-6-8-14(16)5-2/h6-10,17H,4-5,11-12H2,1-3H3. The SMILES string of the molecule is CCCn1nccc1CNc1c(C)cccc1CC. The van der Waals surface area contributed by atoms with Crippen LogP contribution in [0.25, 0.3) is 0 Å². The average molecular weight is 257 g/mol. The zero-order valence-corrected chi connectivity index (χ0v) is 12.1. The predicted octanol–water partition coefficient (Wildman–Crippen LogP) is 3.78. The number of hydrogen-bond acceptors (Lipinski definition) is 2. The summed E-state index contributed by atoms with van der Waals surface area (Å²) in [6.07, 6.45) is 4.04. The van der Waals surface area contributed by atoms with E-state index in [-0.39, 0.29) is 0 Å². The molecule has 0 atom stereocenters. The quantitative estimate of drug-likeness (QED) is 0.853. The Morgan fingerprint density at radius 3 is 2.79 bits per heavy atom. The lowest BCUT2D eigenvalue weighted by Gasteiger charge is -2.14. The Morgan fingerprint density at radius 2 is 2.05 bits per heavy atom. The molecule has 0 aliphatic carbocycles. The van der Waals surface area contributed by atoms with Crippen molar-refractivity contribution in [2.45, 2.75) is 46.7 Å². The van der Waals surface area contributed by atoms with Crippen LogP contribution in [-0.2, 0) is 19.5 Å². The second-order valence-electron chi connectivity index (χ2n) is 4.86. The highest BCUT2D eigenvalue weighted by molar-refractivity contribution is 5.57. The summed E-state index contributed by atoms with van der Waals surface area (Å²) in [5.41, 5.74) is 5.20. The van der Waals surface area contributed by atoms with Crippen LogP contribution in [0.15, 0.2) is 30.5 Å². The van der Waals surface area contributed by atoms with Gasteiger partial charge < -0.3 is 5.32 Å². The average Bonchev–Trinajstić information content (AvgIpc) is 2.85. The van der Waals surface area contributed by atoms with E-state index in [1.54, 1.807) is 0 Å². The lowest BCUT2D eigenvalue weighted by atomic mass is 10.1. The second kappa shape index (κ2) is 6.41. The van der Waals surface area contributed by atoms with Crippen molar-refractivity contribution in [3.63, 3.8) is 0 Å². The van der Waals surface area contributed by atoms with Gasteiger partial charge in [-0.1, -0.05) is 32.0 Å². The largest absolute Gasteiger partial charge is 0.379 e. The summed E-state index contributed by atoms with van der Waals surface area (Å²) in [6.45, 7) is 8.35. The third-order valence-electron chi connectivity index (χ3n) is 3.43. The number of aryl methyl sites for hydroxylation is 3. The Hall–Kier alpha value is -1.77. The van der Waals surface area contributed by atoms with Crippen LogP contribution in [-0.4, -0.2) is 9.78 Å².